The Morgan fingerprint density at radius 3 is 1.68 bits per heavy atom. The first-order chi connectivity index (χ1) is 19.1. The molecule has 1 aliphatic carbocycles. The number of nitrogens with two attached hydrogens (primary N) is 1. The van der Waals surface area contributed by atoms with Crippen molar-refractivity contribution in [3.8, 4) is 0 Å². The molecule has 2 aliphatic rings. The molecule has 2 aromatic rings. The van der Waals surface area contributed by atoms with Crippen LogP contribution in [0.5, 0.6) is 0 Å². The predicted molar refractivity (Wildman–Crippen MR) is 168 cm³/mol. The van der Waals surface area contributed by atoms with Gasteiger partial charge >= 0.3 is 0 Å². The van der Waals surface area contributed by atoms with Crippen molar-refractivity contribution < 1.29 is 16.8 Å². The molecular formula is C30H45ClN4O4S2. The van der Waals surface area contributed by atoms with Gasteiger partial charge in [-0.05, 0) is 93.6 Å². The molecule has 228 valence electrons. The largest absolute Gasteiger partial charge is 0.399 e. The van der Waals surface area contributed by atoms with E-state index in [1.54, 1.807) is 36.4 Å². The molecular weight excluding hydrogens is 580 g/mol. The summed E-state index contributed by atoms with van der Waals surface area (Å²) in [5, 5.41) is 0. The Bertz CT molecular complexity index is 1250. The molecule has 0 unspecified atom stereocenters. The van der Waals surface area contributed by atoms with Crippen LogP contribution in [0, 0.1) is 12.8 Å². The minimum atomic E-state index is -3.82. The van der Waals surface area contributed by atoms with E-state index in [2.05, 4.69) is 11.5 Å². The molecule has 8 nitrogen and oxygen atoms in total. The molecule has 0 aromatic heterocycles. The van der Waals surface area contributed by atoms with Crippen LogP contribution in [0.4, 0.5) is 5.69 Å². The maximum absolute atomic E-state index is 13.7. The average molecular weight is 625 g/mol. The van der Waals surface area contributed by atoms with E-state index >= 15 is 0 Å². The fourth-order valence-electron chi connectivity index (χ4n) is 5.74. The molecule has 11 heteroatoms. The third-order valence-corrected chi connectivity index (χ3v) is 11.7. The maximum Gasteiger partial charge on any atom is 0.243 e. The smallest absolute Gasteiger partial charge is 0.243 e. The molecule has 41 heavy (non-hydrogen) atoms. The van der Waals surface area contributed by atoms with Gasteiger partial charge in [-0.25, -0.2) is 16.8 Å². The van der Waals surface area contributed by atoms with Gasteiger partial charge in [0.2, 0.25) is 20.0 Å². The number of nitrogen functional groups attached to an aromatic ring is 1. The lowest BCUT2D eigenvalue weighted by atomic mass is 9.89. The van der Waals surface area contributed by atoms with Crippen LogP contribution in [0.1, 0.15) is 50.5 Å². The molecule has 1 heterocycles. The first-order valence-electron chi connectivity index (χ1n) is 14.4. The van der Waals surface area contributed by atoms with Crippen LogP contribution in [0.25, 0.3) is 0 Å². The van der Waals surface area contributed by atoms with Gasteiger partial charge in [0.05, 0.1) is 9.79 Å². The van der Waals surface area contributed by atoms with Gasteiger partial charge in [0, 0.05) is 38.4 Å². The second-order valence-corrected chi connectivity index (χ2v) is 15.2. The highest BCUT2D eigenvalue weighted by Gasteiger charge is 2.30. The first kappa shape index (κ1) is 33.6. The second kappa shape index (κ2) is 15.0. The Morgan fingerprint density at radius 1 is 0.732 bits per heavy atom. The molecule has 1 saturated carbocycles. The summed E-state index contributed by atoms with van der Waals surface area (Å²) in [4.78, 5) is 2.82. The van der Waals surface area contributed by atoms with Crippen LogP contribution >= 0.6 is 12.4 Å². The standard InChI is InChI=1S/C30H44N4O4S2.ClH/c1-25-10-14-29(15-11-25)39(35,36)33-20-6-18-32(24-27-8-4-3-5-9-27)19-7-21-34(23-26(2)22-33)40(37,38)30-16-12-28(31)13-17-30;/h10-17,27H,2-9,18-24,31H2,1H3;1H. The Labute approximate surface area is 253 Å². The summed E-state index contributed by atoms with van der Waals surface area (Å²) in [6.07, 6.45) is 7.67. The summed E-state index contributed by atoms with van der Waals surface area (Å²) < 4.78 is 57.7. The Kier molecular flexibility index (Phi) is 12.3. The van der Waals surface area contributed by atoms with Crippen molar-refractivity contribution in [3.05, 3.63) is 66.2 Å². The van der Waals surface area contributed by atoms with E-state index in [9.17, 15) is 16.8 Å². The summed E-state index contributed by atoms with van der Waals surface area (Å²) in [6, 6.07) is 13.1. The van der Waals surface area contributed by atoms with Crippen molar-refractivity contribution in [1.82, 2.24) is 13.5 Å². The first-order valence-corrected chi connectivity index (χ1v) is 17.3. The highest BCUT2D eigenvalue weighted by atomic mass is 35.5. The maximum atomic E-state index is 13.7. The van der Waals surface area contributed by atoms with E-state index in [1.807, 2.05) is 6.92 Å². The normalized spacial score (nSPS) is 20.1. The molecule has 1 aliphatic heterocycles. The topological polar surface area (TPSA) is 104 Å². The van der Waals surface area contributed by atoms with Gasteiger partial charge in [0.15, 0.2) is 0 Å². The van der Waals surface area contributed by atoms with Crippen molar-refractivity contribution in [2.45, 2.75) is 61.7 Å². The summed E-state index contributed by atoms with van der Waals surface area (Å²) in [7, 11) is -7.61. The molecule has 1 saturated heterocycles. The number of sulfonamides is 2. The molecule has 2 fully saturated rings. The van der Waals surface area contributed by atoms with Gasteiger partial charge in [-0.2, -0.15) is 8.61 Å². The molecule has 4 rings (SSSR count). The minimum Gasteiger partial charge on any atom is -0.399 e. The molecule has 0 bridgehead atoms. The Hall–Kier alpha value is -1.95. The van der Waals surface area contributed by atoms with Gasteiger partial charge in [-0.1, -0.05) is 43.5 Å². The number of anilines is 1. The highest BCUT2D eigenvalue weighted by Crippen LogP contribution is 2.26. The van der Waals surface area contributed by atoms with Crippen molar-refractivity contribution >= 4 is 38.1 Å². The fourth-order valence-corrected chi connectivity index (χ4v) is 8.74. The number of aryl methyl sites for hydroxylation is 1. The van der Waals surface area contributed by atoms with Gasteiger partial charge in [0.1, 0.15) is 0 Å². The van der Waals surface area contributed by atoms with Crippen molar-refractivity contribution in [3.63, 3.8) is 0 Å². The summed E-state index contributed by atoms with van der Waals surface area (Å²) >= 11 is 0. The number of hydrogen-bond acceptors (Lipinski definition) is 6. The van der Waals surface area contributed by atoms with Crippen LogP contribution in [0.3, 0.4) is 0 Å². The molecule has 0 radical (unpaired) electrons. The monoisotopic (exact) mass is 624 g/mol. The minimum absolute atomic E-state index is 0. The van der Waals surface area contributed by atoms with E-state index in [-0.39, 0.29) is 35.3 Å². The van der Waals surface area contributed by atoms with Crippen LogP contribution in [-0.2, 0) is 20.0 Å². The third kappa shape index (κ3) is 9.02. The zero-order valence-electron chi connectivity index (χ0n) is 24.1. The zero-order chi connectivity index (χ0) is 28.8. The van der Waals surface area contributed by atoms with Gasteiger partial charge in [-0.3, -0.25) is 0 Å². The third-order valence-electron chi connectivity index (χ3n) is 7.98. The molecule has 0 atom stereocenters. The zero-order valence-corrected chi connectivity index (χ0v) is 26.5. The number of rotatable bonds is 6. The van der Waals surface area contributed by atoms with E-state index in [0.717, 1.165) is 25.2 Å². The lowest BCUT2D eigenvalue weighted by molar-refractivity contribution is 0.188. The average Bonchev–Trinajstić information content (AvgIpc) is 2.92. The number of halogens is 1. The quantitative estimate of drug-likeness (QED) is 0.362. The summed E-state index contributed by atoms with van der Waals surface area (Å²) in [6.45, 7) is 9.36. The van der Waals surface area contributed by atoms with Crippen molar-refractivity contribution in [1.29, 1.82) is 0 Å². The molecule has 0 amide bonds. The van der Waals surface area contributed by atoms with E-state index < -0.39 is 20.0 Å². The van der Waals surface area contributed by atoms with Crippen LogP contribution in [0.2, 0.25) is 0 Å². The number of hydrogen-bond donors (Lipinski definition) is 1. The summed E-state index contributed by atoms with van der Waals surface area (Å²) in [5.74, 6) is 0.642. The van der Waals surface area contributed by atoms with Gasteiger partial charge < -0.3 is 10.6 Å². The Morgan fingerprint density at radius 2 is 1.20 bits per heavy atom. The molecule has 2 N–H and O–H groups in total. The van der Waals surface area contributed by atoms with E-state index in [1.165, 1.54) is 52.8 Å². The van der Waals surface area contributed by atoms with E-state index in [0.29, 0.717) is 43.1 Å². The van der Waals surface area contributed by atoms with Crippen molar-refractivity contribution in [2.75, 3.05) is 51.5 Å². The summed E-state index contributed by atoms with van der Waals surface area (Å²) in [5.41, 5.74) is 7.81. The Balaban J connectivity index is 0.00000462. The number of benzene rings is 2. The van der Waals surface area contributed by atoms with E-state index in [4.69, 9.17) is 5.73 Å². The lowest BCUT2D eigenvalue weighted by Crippen LogP contribution is -2.42. The van der Waals surface area contributed by atoms with Crippen LogP contribution in [0.15, 0.2) is 70.5 Å². The SMILES string of the molecule is C=C1CN(S(=O)(=O)c2ccc(C)cc2)CCCN(CC2CCCCC2)CCCN(S(=O)(=O)c2ccc(N)cc2)C1.Cl. The van der Waals surface area contributed by atoms with Crippen LogP contribution < -0.4 is 5.73 Å². The predicted octanol–water partition coefficient (Wildman–Crippen LogP) is 4.91. The molecule has 2 aromatic carbocycles. The van der Waals surface area contributed by atoms with Crippen molar-refractivity contribution in [2.24, 2.45) is 5.92 Å². The second-order valence-electron chi connectivity index (χ2n) is 11.3. The highest BCUT2D eigenvalue weighted by molar-refractivity contribution is 7.89. The fraction of sp³-hybridized carbons (Fsp3) is 0.533. The van der Waals surface area contributed by atoms with Crippen LogP contribution in [-0.4, -0.2) is 76.2 Å². The lowest BCUT2D eigenvalue weighted by Gasteiger charge is -2.33. The number of nitrogens with zero attached hydrogens (tertiary/aromatic N) is 3. The van der Waals surface area contributed by atoms with Gasteiger partial charge in [-0.15, -0.1) is 12.4 Å². The molecule has 0 spiro atoms. The van der Waals surface area contributed by atoms with Gasteiger partial charge in [0.25, 0.3) is 0 Å².